The minimum absolute atomic E-state index is 0.00472. The summed E-state index contributed by atoms with van der Waals surface area (Å²) in [7, 11) is 0. The molecule has 1 aliphatic heterocycles. The molecule has 0 aromatic rings. The van der Waals surface area contributed by atoms with Gasteiger partial charge in [-0.05, 0) is 6.92 Å². The lowest BCUT2D eigenvalue weighted by Gasteiger charge is -2.36. The molecule has 1 fully saturated rings. The highest BCUT2D eigenvalue weighted by Gasteiger charge is 2.45. The molecule has 0 bridgehead atoms. The highest BCUT2D eigenvalue weighted by molar-refractivity contribution is 4.91. The molecule has 2 unspecified atom stereocenters. The summed E-state index contributed by atoms with van der Waals surface area (Å²) >= 11 is 0. The Morgan fingerprint density at radius 3 is 2.33 bits per heavy atom. The van der Waals surface area contributed by atoms with Crippen LogP contribution in [0.3, 0.4) is 0 Å². The van der Waals surface area contributed by atoms with Gasteiger partial charge in [0.1, 0.15) is 6.10 Å². The number of hydrogen-bond donors (Lipinski definition) is 0. The van der Waals surface area contributed by atoms with Gasteiger partial charge in [0.25, 0.3) is 0 Å². The van der Waals surface area contributed by atoms with Gasteiger partial charge in [-0.3, -0.25) is 0 Å². The van der Waals surface area contributed by atoms with Gasteiger partial charge in [0.05, 0.1) is 6.61 Å². The molecular formula is C10H18O2. The van der Waals surface area contributed by atoms with Crippen LogP contribution in [0.5, 0.6) is 0 Å². The second-order valence-corrected chi connectivity index (χ2v) is 4.40. The lowest BCUT2D eigenvalue weighted by Crippen LogP contribution is -2.41. The molecule has 1 rings (SSSR count). The summed E-state index contributed by atoms with van der Waals surface area (Å²) in [4.78, 5) is 0. The largest absolute Gasteiger partial charge is 0.347 e. The van der Waals surface area contributed by atoms with Crippen LogP contribution in [0.25, 0.3) is 0 Å². The summed E-state index contributed by atoms with van der Waals surface area (Å²) in [6.07, 6.45) is 1.84. The minimum Gasteiger partial charge on any atom is -0.347 e. The van der Waals surface area contributed by atoms with E-state index in [9.17, 15) is 0 Å². The van der Waals surface area contributed by atoms with Crippen molar-refractivity contribution < 1.29 is 9.47 Å². The van der Waals surface area contributed by atoms with E-state index >= 15 is 0 Å². The van der Waals surface area contributed by atoms with E-state index in [1.165, 1.54) is 0 Å². The van der Waals surface area contributed by atoms with E-state index in [1.54, 1.807) is 6.08 Å². The first kappa shape index (κ1) is 9.75. The van der Waals surface area contributed by atoms with Crippen LogP contribution >= 0.6 is 0 Å². The van der Waals surface area contributed by atoms with Crippen molar-refractivity contribution in [1.82, 2.24) is 0 Å². The second kappa shape index (κ2) is 2.86. The van der Waals surface area contributed by atoms with Gasteiger partial charge in [-0.25, -0.2) is 0 Å². The Morgan fingerprint density at radius 2 is 2.08 bits per heavy atom. The first-order chi connectivity index (χ1) is 5.39. The van der Waals surface area contributed by atoms with Crippen LogP contribution in [0.4, 0.5) is 0 Å². The predicted octanol–water partition coefficient (Wildman–Crippen LogP) is 2.35. The van der Waals surface area contributed by atoms with E-state index < -0.39 is 5.79 Å². The molecule has 0 radical (unpaired) electrons. The zero-order chi connectivity index (χ0) is 9.41. The van der Waals surface area contributed by atoms with Crippen molar-refractivity contribution in [3.8, 4) is 0 Å². The molecule has 1 saturated heterocycles. The molecule has 0 saturated carbocycles. The third-order valence-electron chi connectivity index (χ3n) is 2.52. The zero-order valence-electron chi connectivity index (χ0n) is 8.39. The molecule has 0 N–H and O–H groups in total. The first-order valence-corrected chi connectivity index (χ1v) is 4.33. The Balaban J connectivity index is 2.70. The number of hydrogen-bond acceptors (Lipinski definition) is 2. The van der Waals surface area contributed by atoms with Gasteiger partial charge >= 0.3 is 0 Å². The van der Waals surface area contributed by atoms with Gasteiger partial charge in [0.15, 0.2) is 5.79 Å². The Labute approximate surface area is 74.6 Å². The minimum atomic E-state index is -0.466. The summed E-state index contributed by atoms with van der Waals surface area (Å²) in [5.74, 6) is -0.466. The Kier molecular flexibility index (Phi) is 2.32. The molecule has 0 aromatic carbocycles. The Morgan fingerprint density at radius 1 is 1.50 bits per heavy atom. The van der Waals surface area contributed by atoms with E-state index in [-0.39, 0.29) is 11.5 Å². The molecule has 0 spiro atoms. The van der Waals surface area contributed by atoms with Crippen LogP contribution in [0.1, 0.15) is 27.7 Å². The summed E-state index contributed by atoms with van der Waals surface area (Å²) in [6.45, 7) is 12.6. The van der Waals surface area contributed by atoms with E-state index in [1.807, 2.05) is 6.92 Å². The fourth-order valence-corrected chi connectivity index (χ4v) is 1.11. The first-order valence-electron chi connectivity index (χ1n) is 4.33. The maximum absolute atomic E-state index is 5.72. The fraction of sp³-hybridized carbons (Fsp3) is 0.800. The summed E-state index contributed by atoms with van der Waals surface area (Å²) in [5.41, 5.74) is 0.00472. The van der Waals surface area contributed by atoms with Gasteiger partial charge in [-0.1, -0.05) is 26.8 Å². The molecule has 12 heavy (non-hydrogen) atoms. The molecule has 2 nitrogen and oxygen atoms in total. The SMILES string of the molecule is C=CC1COC(C)(C(C)(C)C)O1. The normalized spacial score (nSPS) is 36.8. The average molecular weight is 170 g/mol. The molecule has 2 atom stereocenters. The molecule has 0 aromatic heterocycles. The summed E-state index contributed by atoms with van der Waals surface area (Å²) in [6, 6.07) is 0. The van der Waals surface area contributed by atoms with Gasteiger partial charge in [-0.2, -0.15) is 0 Å². The van der Waals surface area contributed by atoms with Crippen molar-refractivity contribution in [2.24, 2.45) is 5.41 Å². The third-order valence-corrected chi connectivity index (χ3v) is 2.52. The van der Waals surface area contributed by atoms with Gasteiger partial charge < -0.3 is 9.47 Å². The molecular weight excluding hydrogens is 152 g/mol. The maximum Gasteiger partial charge on any atom is 0.171 e. The monoisotopic (exact) mass is 170 g/mol. The third kappa shape index (κ3) is 1.54. The smallest absolute Gasteiger partial charge is 0.171 e. The molecule has 1 aliphatic rings. The van der Waals surface area contributed by atoms with Crippen LogP contribution in [0.15, 0.2) is 12.7 Å². The fourth-order valence-electron chi connectivity index (χ4n) is 1.11. The van der Waals surface area contributed by atoms with E-state index in [0.29, 0.717) is 6.61 Å². The molecule has 0 amide bonds. The number of ether oxygens (including phenoxy) is 2. The van der Waals surface area contributed by atoms with Crippen LogP contribution < -0.4 is 0 Å². The molecule has 0 aliphatic carbocycles. The molecule has 2 heteroatoms. The number of rotatable bonds is 1. The van der Waals surface area contributed by atoms with Crippen molar-refractivity contribution in [3.05, 3.63) is 12.7 Å². The topological polar surface area (TPSA) is 18.5 Å². The zero-order valence-corrected chi connectivity index (χ0v) is 8.39. The average Bonchev–Trinajstić information content (AvgIpc) is 2.31. The van der Waals surface area contributed by atoms with Crippen molar-refractivity contribution in [2.75, 3.05) is 6.61 Å². The van der Waals surface area contributed by atoms with Crippen LogP contribution in [0.2, 0.25) is 0 Å². The van der Waals surface area contributed by atoms with Crippen LogP contribution in [-0.2, 0) is 9.47 Å². The van der Waals surface area contributed by atoms with Crippen molar-refractivity contribution in [2.45, 2.75) is 39.6 Å². The highest BCUT2D eigenvalue weighted by atomic mass is 16.7. The van der Waals surface area contributed by atoms with Crippen LogP contribution in [0, 0.1) is 5.41 Å². The van der Waals surface area contributed by atoms with Crippen molar-refractivity contribution in [3.63, 3.8) is 0 Å². The van der Waals surface area contributed by atoms with Crippen LogP contribution in [-0.4, -0.2) is 18.5 Å². The predicted molar refractivity (Wildman–Crippen MR) is 48.9 cm³/mol. The van der Waals surface area contributed by atoms with Gasteiger partial charge in [0.2, 0.25) is 0 Å². The van der Waals surface area contributed by atoms with E-state index in [2.05, 4.69) is 27.4 Å². The highest BCUT2D eigenvalue weighted by Crippen LogP contribution is 2.39. The van der Waals surface area contributed by atoms with Gasteiger partial charge in [0, 0.05) is 5.41 Å². The summed E-state index contributed by atoms with van der Waals surface area (Å²) in [5, 5.41) is 0. The lowest BCUT2D eigenvalue weighted by molar-refractivity contribution is -0.213. The maximum atomic E-state index is 5.72. The Hall–Kier alpha value is -0.340. The van der Waals surface area contributed by atoms with E-state index in [0.717, 1.165) is 0 Å². The standard InChI is InChI=1S/C10H18O2/c1-6-8-7-11-10(5,12-8)9(2,3)4/h6,8H,1,7H2,2-5H3. The van der Waals surface area contributed by atoms with Crippen molar-refractivity contribution >= 4 is 0 Å². The Bertz CT molecular complexity index is 181. The van der Waals surface area contributed by atoms with Gasteiger partial charge in [-0.15, -0.1) is 6.58 Å². The lowest BCUT2D eigenvalue weighted by atomic mass is 9.87. The van der Waals surface area contributed by atoms with E-state index in [4.69, 9.17) is 9.47 Å². The quantitative estimate of drug-likeness (QED) is 0.562. The summed E-state index contributed by atoms with van der Waals surface area (Å²) < 4.78 is 11.3. The molecule has 1 heterocycles. The molecule has 70 valence electrons. The second-order valence-electron chi connectivity index (χ2n) is 4.40. The van der Waals surface area contributed by atoms with Crippen molar-refractivity contribution in [1.29, 1.82) is 0 Å².